The molecule has 0 bridgehead atoms. The van der Waals surface area contributed by atoms with Gasteiger partial charge in [0.15, 0.2) is 0 Å². The number of aryl methyl sites for hydroxylation is 2. The van der Waals surface area contributed by atoms with E-state index in [0.29, 0.717) is 11.5 Å². The zero-order valence-electron chi connectivity index (χ0n) is 21.1. The summed E-state index contributed by atoms with van der Waals surface area (Å²) in [5.74, 6) is -0.278. The summed E-state index contributed by atoms with van der Waals surface area (Å²) >= 11 is 0. The lowest BCUT2D eigenvalue weighted by Crippen LogP contribution is -2.49. The summed E-state index contributed by atoms with van der Waals surface area (Å²) in [5.41, 5.74) is 2.05. The highest BCUT2D eigenvalue weighted by Gasteiger charge is 2.34. The van der Waals surface area contributed by atoms with E-state index in [1.807, 2.05) is 0 Å². The maximum absolute atomic E-state index is 13.2. The predicted octanol–water partition coefficient (Wildman–Crippen LogP) is 4.24. The smallest absolute Gasteiger partial charge is 0.326 e. The quantitative estimate of drug-likeness (QED) is 0.429. The van der Waals surface area contributed by atoms with Crippen molar-refractivity contribution >= 4 is 17.7 Å². The maximum atomic E-state index is 13.2. The van der Waals surface area contributed by atoms with E-state index >= 15 is 0 Å². The first-order chi connectivity index (χ1) is 17.2. The predicted molar refractivity (Wildman–Crippen MR) is 135 cm³/mol. The normalized spacial score (nSPS) is 20.0. The van der Waals surface area contributed by atoms with Crippen molar-refractivity contribution in [2.45, 2.75) is 76.4 Å². The number of halogens is 1. The van der Waals surface area contributed by atoms with E-state index < -0.39 is 23.3 Å². The average Bonchev–Trinajstić information content (AvgIpc) is 2.84. The molecule has 2 aliphatic rings. The van der Waals surface area contributed by atoms with Crippen LogP contribution in [0.4, 0.5) is 10.2 Å². The lowest BCUT2D eigenvalue weighted by Gasteiger charge is -2.35. The van der Waals surface area contributed by atoms with E-state index in [-0.39, 0.29) is 24.9 Å². The molecule has 1 aliphatic heterocycles. The Morgan fingerprint density at radius 1 is 1.22 bits per heavy atom. The molecule has 0 radical (unpaired) electrons. The molecular weight excluding hydrogens is 461 g/mol. The Morgan fingerprint density at radius 3 is 2.69 bits per heavy atom. The van der Waals surface area contributed by atoms with Crippen LogP contribution in [0.1, 0.15) is 62.8 Å². The molecule has 4 rings (SSSR count). The SMILES string of the molecule is CC(C)(C(=O)NC(CCOC1CC(CCc2ccc3c(n2)NCCC3)C1)C(=O)O)c1ccc(F)cc1. The van der Waals surface area contributed by atoms with Crippen LogP contribution < -0.4 is 10.6 Å². The number of aliphatic carboxylic acids is 1. The van der Waals surface area contributed by atoms with Crippen LogP contribution in [0.25, 0.3) is 0 Å². The second-order valence-electron chi connectivity index (χ2n) is 10.5. The number of nitrogens with one attached hydrogen (secondary N) is 2. The van der Waals surface area contributed by atoms with Gasteiger partial charge in [-0.2, -0.15) is 0 Å². The molecule has 1 atom stereocenters. The number of ether oxygens (including phenoxy) is 1. The molecule has 7 nitrogen and oxygen atoms in total. The number of amides is 1. The van der Waals surface area contributed by atoms with Gasteiger partial charge in [0.2, 0.25) is 5.91 Å². The second-order valence-corrected chi connectivity index (χ2v) is 10.5. The van der Waals surface area contributed by atoms with Crippen LogP contribution in [0.5, 0.6) is 0 Å². The van der Waals surface area contributed by atoms with E-state index in [0.717, 1.165) is 56.6 Å². The number of carboxylic acids is 1. The summed E-state index contributed by atoms with van der Waals surface area (Å²) in [6.07, 6.45) is 6.51. The number of aromatic nitrogens is 1. The molecule has 1 fully saturated rings. The number of hydrogen-bond acceptors (Lipinski definition) is 5. The van der Waals surface area contributed by atoms with E-state index in [4.69, 9.17) is 9.72 Å². The fraction of sp³-hybridized carbons (Fsp3) is 0.536. The van der Waals surface area contributed by atoms with Gasteiger partial charge in [0, 0.05) is 25.3 Å². The third-order valence-electron chi connectivity index (χ3n) is 7.45. The number of carboxylic acid groups (broad SMARTS) is 1. The van der Waals surface area contributed by atoms with Crippen molar-refractivity contribution in [1.29, 1.82) is 0 Å². The summed E-state index contributed by atoms with van der Waals surface area (Å²) < 4.78 is 19.1. The van der Waals surface area contributed by atoms with Crippen LogP contribution in [0.2, 0.25) is 0 Å². The summed E-state index contributed by atoms with van der Waals surface area (Å²) in [6, 6.07) is 8.94. The Bertz CT molecular complexity index is 1070. The molecule has 1 aromatic carbocycles. The van der Waals surface area contributed by atoms with Crippen LogP contribution >= 0.6 is 0 Å². The van der Waals surface area contributed by atoms with Gasteiger partial charge >= 0.3 is 5.97 Å². The Kier molecular flexibility index (Phi) is 8.24. The zero-order valence-corrected chi connectivity index (χ0v) is 21.1. The third-order valence-corrected chi connectivity index (χ3v) is 7.45. The lowest BCUT2D eigenvalue weighted by molar-refractivity contribution is -0.143. The molecule has 1 aliphatic carbocycles. The summed E-state index contributed by atoms with van der Waals surface area (Å²) in [5, 5.41) is 15.6. The molecular formula is C28H36FN3O4. The number of fused-ring (bicyclic) bond motifs is 1. The largest absolute Gasteiger partial charge is 0.480 e. The molecule has 3 N–H and O–H groups in total. The van der Waals surface area contributed by atoms with Gasteiger partial charge < -0.3 is 20.5 Å². The summed E-state index contributed by atoms with van der Waals surface area (Å²) in [4.78, 5) is 29.3. The zero-order chi connectivity index (χ0) is 25.7. The van der Waals surface area contributed by atoms with Gasteiger partial charge in [0.25, 0.3) is 0 Å². The van der Waals surface area contributed by atoms with Crippen LogP contribution in [-0.4, -0.2) is 47.3 Å². The van der Waals surface area contributed by atoms with Crippen LogP contribution in [0.15, 0.2) is 36.4 Å². The van der Waals surface area contributed by atoms with Gasteiger partial charge in [0.05, 0.1) is 11.5 Å². The average molecular weight is 498 g/mol. The van der Waals surface area contributed by atoms with E-state index in [2.05, 4.69) is 22.8 Å². The minimum atomic E-state index is -1.10. The molecule has 2 aromatic rings. The lowest BCUT2D eigenvalue weighted by atomic mass is 9.79. The maximum Gasteiger partial charge on any atom is 0.326 e. The Hall–Kier alpha value is -3.00. The number of nitrogens with zero attached hydrogens (tertiary/aromatic N) is 1. The molecule has 2 heterocycles. The van der Waals surface area contributed by atoms with Crippen LogP contribution in [-0.2, 0) is 32.6 Å². The molecule has 194 valence electrons. The minimum absolute atomic E-state index is 0.133. The molecule has 1 amide bonds. The van der Waals surface area contributed by atoms with Gasteiger partial charge in [-0.05, 0) is 87.6 Å². The fourth-order valence-electron chi connectivity index (χ4n) is 4.85. The molecule has 0 saturated heterocycles. The molecule has 0 spiro atoms. The van der Waals surface area contributed by atoms with Gasteiger partial charge in [-0.25, -0.2) is 14.2 Å². The van der Waals surface area contributed by atoms with E-state index in [1.54, 1.807) is 26.0 Å². The number of benzene rings is 1. The standard InChI is InChI=1S/C28H36FN3O4/c1-28(2,20-7-9-21(29)10-8-20)27(35)32-24(26(33)34)13-15-36-23-16-18(17-23)5-11-22-12-6-19-4-3-14-30-25(19)31-22/h6-10,12,18,23-24H,3-5,11,13-17H2,1-2H3,(H,30,31)(H,32,35)(H,33,34). The van der Waals surface area contributed by atoms with E-state index in [9.17, 15) is 19.1 Å². The fourth-order valence-corrected chi connectivity index (χ4v) is 4.85. The number of hydrogen-bond donors (Lipinski definition) is 3. The Morgan fingerprint density at radius 2 is 1.97 bits per heavy atom. The molecule has 36 heavy (non-hydrogen) atoms. The molecule has 1 aromatic heterocycles. The second kappa shape index (κ2) is 11.4. The van der Waals surface area contributed by atoms with Crippen molar-refractivity contribution in [2.24, 2.45) is 5.92 Å². The molecule has 1 unspecified atom stereocenters. The molecule has 8 heteroatoms. The number of rotatable bonds is 11. The topological polar surface area (TPSA) is 101 Å². The van der Waals surface area contributed by atoms with Gasteiger partial charge in [-0.15, -0.1) is 0 Å². The number of carbonyl (C=O) groups excluding carboxylic acids is 1. The van der Waals surface area contributed by atoms with Crippen molar-refractivity contribution < 1.29 is 23.8 Å². The van der Waals surface area contributed by atoms with Crippen molar-refractivity contribution in [3.63, 3.8) is 0 Å². The first-order valence-corrected chi connectivity index (χ1v) is 12.9. The van der Waals surface area contributed by atoms with Gasteiger partial charge in [0.1, 0.15) is 17.7 Å². The monoisotopic (exact) mass is 497 g/mol. The van der Waals surface area contributed by atoms with Gasteiger partial charge in [-0.1, -0.05) is 18.2 Å². The van der Waals surface area contributed by atoms with Gasteiger partial charge in [-0.3, -0.25) is 4.79 Å². The molecule has 1 saturated carbocycles. The third kappa shape index (κ3) is 6.40. The van der Waals surface area contributed by atoms with Crippen molar-refractivity contribution in [3.05, 3.63) is 59.0 Å². The highest BCUT2D eigenvalue weighted by atomic mass is 19.1. The first kappa shape index (κ1) is 26.1. The van der Waals surface area contributed by atoms with Crippen molar-refractivity contribution in [2.75, 3.05) is 18.5 Å². The van der Waals surface area contributed by atoms with Crippen LogP contribution in [0.3, 0.4) is 0 Å². The van der Waals surface area contributed by atoms with Crippen molar-refractivity contribution in [1.82, 2.24) is 10.3 Å². The van der Waals surface area contributed by atoms with E-state index in [1.165, 1.54) is 17.7 Å². The Balaban J connectivity index is 1.17. The minimum Gasteiger partial charge on any atom is -0.480 e. The Labute approximate surface area is 211 Å². The highest BCUT2D eigenvalue weighted by molar-refractivity contribution is 5.90. The van der Waals surface area contributed by atoms with Crippen LogP contribution in [0, 0.1) is 11.7 Å². The summed E-state index contributed by atoms with van der Waals surface area (Å²) in [7, 11) is 0. The number of carbonyl (C=O) groups is 2. The summed E-state index contributed by atoms with van der Waals surface area (Å²) in [6.45, 7) is 4.64. The number of pyridine rings is 1. The number of anilines is 1. The first-order valence-electron chi connectivity index (χ1n) is 12.9. The highest BCUT2D eigenvalue weighted by Crippen LogP contribution is 2.34. The van der Waals surface area contributed by atoms with Crippen molar-refractivity contribution in [3.8, 4) is 0 Å².